The quantitative estimate of drug-likeness (QED) is 0.564. The summed E-state index contributed by atoms with van der Waals surface area (Å²) in [6.45, 7) is 2.06. The van der Waals surface area contributed by atoms with Gasteiger partial charge in [0.25, 0.3) is 0 Å². The second-order valence-corrected chi connectivity index (χ2v) is 3.01. The lowest BCUT2D eigenvalue weighted by atomic mass is 10.3. The maximum Gasteiger partial charge on any atom is 0.0956 e. The predicted molar refractivity (Wildman–Crippen MR) is 48.5 cm³/mol. The number of rotatable bonds is 1. The first-order valence-corrected chi connectivity index (χ1v) is 4.50. The molecule has 0 saturated carbocycles. The molecule has 0 bridgehead atoms. The molecule has 2 heteroatoms. The number of aliphatic imine (C=N–C) groups is 1. The standard InChI is InChI=1S/C8H11NS/c1-7-5-3-4-6-8(9-7)10-2/h3-4,6H,5H2,1-2H3. The lowest BCUT2D eigenvalue weighted by molar-refractivity contribution is 1.39. The molecule has 54 valence electrons. The van der Waals surface area contributed by atoms with Crippen LogP contribution in [0, 0.1) is 0 Å². The summed E-state index contributed by atoms with van der Waals surface area (Å²) < 4.78 is 0. The van der Waals surface area contributed by atoms with Crippen molar-refractivity contribution in [2.75, 3.05) is 6.26 Å². The zero-order valence-corrected chi connectivity index (χ0v) is 7.11. The third kappa shape index (κ3) is 2.03. The van der Waals surface area contributed by atoms with Crippen LogP contribution in [-0.2, 0) is 0 Å². The zero-order valence-electron chi connectivity index (χ0n) is 6.29. The van der Waals surface area contributed by atoms with Gasteiger partial charge in [0, 0.05) is 12.1 Å². The van der Waals surface area contributed by atoms with Crippen LogP contribution < -0.4 is 0 Å². The molecule has 0 aromatic heterocycles. The van der Waals surface area contributed by atoms with Crippen LogP contribution in [0.3, 0.4) is 0 Å². The molecular weight excluding hydrogens is 142 g/mol. The van der Waals surface area contributed by atoms with Crippen LogP contribution in [-0.4, -0.2) is 12.0 Å². The fraction of sp³-hybridized carbons (Fsp3) is 0.375. The summed E-state index contributed by atoms with van der Waals surface area (Å²) in [6.07, 6.45) is 9.26. The molecule has 0 unspecified atom stereocenters. The largest absolute Gasteiger partial charge is 0.251 e. The Bertz CT molecular complexity index is 199. The summed E-state index contributed by atoms with van der Waals surface area (Å²) in [5.74, 6) is 0. The third-order valence-electron chi connectivity index (χ3n) is 1.30. The number of nitrogens with zero attached hydrogens (tertiary/aromatic N) is 1. The van der Waals surface area contributed by atoms with E-state index in [0.29, 0.717) is 0 Å². The molecule has 10 heavy (non-hydrogen) atoms. The number of hydrogen-bond donors (Lipinski definition) is 0. The maximum absolute atomic E-state index is 4.37. The van der Waals surface area contributed by atoms with E-state index in [1.807, 2.05) is 12.3 Å². The van der Waals surface area contributed by atoms with E-state index >= 15 is 0 Å². The predicted octanol–water partition coefficient (Wildman–Crippen LogP) is 2.61. The molecule has 1 nitrogen and oxygen atoms in total. The summed E-state index contributed by atoms with van der Waals surface area (Å²) in [7, 11) is 0. The summed E-state index contributed by atoms with van der Waals surface area (Å²) in [6, 6.07) is 0. The molecule has 0 saturated heterocycles. The highest BCUT2D eigenvalue weighted by Gasteiger charge is 1.94. The van der Waals surface area contributed by atoms with Crippen molar-refractivity contribution < 1.29 is 0 Å². The first kappa shape index (κ1) is 7.61. The van der Waals surface area contributed by atoms with Crippen LogP contribution in [0.25, 0.3) is 0 Å². The molecule has 0 amide bonds. The summed E-state index contributed by atoms with van der Waals surface area (Å²) in [5, 5.41) is 1.10. The van der Waals surface area contributed by atoms with E-state index in [9.17, 15) is 0 Å². The summed E-state index contributed by atoms with van der Waals surface area (Å²) in [4.78, 5) is 4.37. The van der Waals surface area contributed by atoms with Crippen molar-refractivity contribution in [2.45, 2.75) is 13.3 Å². The third-order valence-corrected chi connectivity index (χ3v) is 1.94. The van der Waals surface area contributed by atoms with Crippen LogP contribution in [0.15, 0.2) is 28.2 Å². The Morgan fingerprint density at radius 3 is 3.10 bits per heavy atom. The van der Waals surface area contributed by atoms with Crippen molar-refractivity contribution in [2.24, 2.45) is 4.99 Å². The Hall–Kier alpha value is -0.500. The van der Waals surface area contributed by atoms with Gasteiger partial charge < -0.3 is 0 Å². The Balaban J connectivity index is 2.78. The first-order valence-electron chi connectivity index (χ1n) is 3.28. The van der Waals surface area contributed by atoms with Crippen molar-refractivity contribution in [3.63, 3.8) is 0 Å². The molecule has 0 spiro atoms. The molecule has 0 radical (unpaired) electrons. The molecule has 0 fully saturated rings. The lowest BCUT2D eigenvalue weighted by Crippen LogP contribution is -1.85. The van der Waals surface area contributed by atoms with Gasteiger partial charge in [-0.05, 0) is 19.3 Å². The van der Waals surface area contributed by atoms with E-state index in [1.165, 1.54) is 5.71 Å². The number of hydrogen-bond acceptors (Lipinski definition) is 2. The SMILES string of the molecule is CSC1=CC=CCC(C)=N1. The highest BCUT2D eigenvalue weighted by Crippen LogP contribution is 2.15. The van der Waals surface area contributed by atoms with E-state index in [0.717, 1.165) is 11.4 Å². The normalized spacial score (nSPS) is 17.8. The minimum Gasteiger partial charge on any atom is -0.251 e. The summed E-state index contributed by atoms with van der Waals surface area (Å²) in [5.41, 5.74) is 1.19. The number of thioether (sulfide) groups is 1. The minimum absolute atomic E-state index is 0.987. The Labute approximate surface area is 65.9 Å². The highest BCUT2D eigenvalue weighted by molar-refractivity contribution is 8.02. The van der Waals surface area contributed by atoms with Crippen molar-refractivity contribution in [1.29, 1.82) is 0 Å². The van der Waals surface area contributed by atoms with Gasteiger partial charge >= 0.3 is 0 Å². The van der Waals surface area contributed by atoms with Crippen molar-refractivity contribution in [1.82, 2.24) is 0 Å². The Kier molecular flexibility index (Phi) is 2.75. The van der Waals surface area contributed by atoms with Crippen molar-refractivity contribution >= 4 is 17.5 Å². The fourth-order valence-corrected chi connectivity index (χ4v) is 1.24. The van der Waals surface area contributed by atoms with Gasteiger partial charge in [0.1, 0.15) is 0 Å². The maximum atomic E-state index is 4.37. The van der Waals surface area contributed by atoms with Gasteiger partial charge in [0.2, 0.25) is 0 Å². The zero-order chi connectivity index (χ0) is 7.40. The van der Waals surface area contributed by atoms with E-state index in [4.69, 9.17) is 0 Å². The van der Waals surface area contributed by atoms with Gasteiger partial charge in [-0.2, -0.15) is 0 Å². The smallest absolute Gasteiger partial charge is 0.0956 e. The van der Waals surface area contributed by atoms with E-state index < -0.39 is 0 Å². The molecule has 1 heterocycles. The second kappa shape index (κ2) is 3.62. The molecule has 1 rings (SSSR count). The fourth-order valence-electron chi connectivity index (χ4n) is 0.774. The Morgan fingerprint density at radius 2 is 2.40 bits per heavy atom. The summed E-state index contributed by atoms with van der Waals surface area (Å²) >= 11 is 1.69. The van der Waals surface area contributed by atoms with Crippen LogP contribution in [0.2, 0.25) is 0 Å². The first-order chi connectivity index (χ1) is 4.83. The van der Waals surface area contributed by atoms with Gasteiger partial charge in [-0.25, -0.2) is 0 Å². The lowest BCUT2D eigenvalue weighted by Gasteiger charge is -1.94. The Morgan fingerprint density at radius 1 is 1.60 bits per heavy atom. The molecule has 0 aromatic rings. The van der Waals surface area contributed by atoms with Gasteiger partial charge in [-0.15, -0.1) is 11.8 Å². The van der Waals surface area contributed by atoms with Crippen LogP contribution in [0.5, 0.6) is 0 Å². The second-order valence-electron chi connectivity index (χ2n) is 2.19. The molecule has 0 aromatic carbocycles. The highest BCUT2D eigenvalue weighted by atomic mass is 32.2. The molecule has 0 N–H and O–H groups in total. The minimum atomic E-state index is 0.987. The number of allylic oxidation sites excluding steroid dienone is 3. The molecule has 1 aliphatic heterocycles. The van der Waals surface area contributed by atoms with Crippen molar-refractivity contribution in [3.8, 4) is 0 Å². The average Bonchev–Trinajstić information content (AvgIpc) is 2.13. The monoisotopic (exact) mass is 153 g/mol. The van der Waals surface area contributed by atoms with E-state index in [2.05, 4.69) is 24.1 Å². The van der Waals surface area contributed by atoms with Crippen LogP contribution >= 0.6 is 11.8 Å². The molecule has 0 aliphatic carbocycles. The van der Waals surface area contributed by atoms with Gasteiger partial charge in [0.05, 0.1) is 5.03 Å². The average molecular weight is 153 g/mol. The molecule has 0 atom stereocenters. The van der Waals surface area contributed by atoms with Crippen molar-refractivity contribution in [3.05, 3.63) is 23.3 Å². The molecular formula is C8H11NS. The van der Waals surface area contributed by atoms with Gasteiger partial charge in [-0.3, -0.25) is 4.99 Å². The topological polar surface area (TPSA) is 12.4 Å². The van der Waals surface area contributed by atoms with E-state index in [-0.39, 0.29) is 0 Å². The van der Waals surface area contributed by atoms with Crippen LogP contribution in [0.1, 0.15) is 13.3 Å². The van der Waals surface area contributed by atoms with Gasteiger partial charge in [-0.1, -0.05) is 12.2 Å². The van der Waals surface area contributed by atoms with E-state index in [1.54, 1.807) is 11.8 Å². The molecule has 1 aliphatic rings. The van der Waals surface area contributed by atoms with Gasteiger partial charge in [0.15, 0.2) is 0 Å². The van der Waals surface area contributed by atoms with Crippen LogP contribution in [0.4, 0.5) is 0 Å².